The summed E-state index contributed by atoms with van der Waals surface area (Å²) in [7, 11) is 1.54. The molecule has 1 unspecified atom stereocenters. The smallest absolute Gasteiger partial charge is 0.392 e. The van der Waals surface area contributed by atoms with Crippen LogP contribution in [-0.4, -0.2) is 29.5 Å². The van der Waals surface area contributed by atoms with Crippen LogP contribution in [0.5, 0.6) is 5.75 Å². The van der Waals surface area contributed by atoms with Crippen molar-refractivity contribution in [2.45, 2.75) is 12.6 Å². The van der Waals surface area contributed by atoms with E-state index in [9.17, 15) is 13.2 Å². The minimum absolute atomic E-state index is 0.101. The Morgan fingerprint density at radius 3 is 2.48 bits per heavy atom. The predicted octanol–water partition coefficient (Wildman–Crippen LogP) is 4.94. The average Bonchev–Trinajstić information content (AvgIpc) is 3.00. The standard InChI is InChI=1S/C16H14ClF3N4O/c1-25-12-5-3-11(4-6-12)24-16(23(21-22-24)9-15(19)20)10-2-7-14(18)13(17)8-10/h2-8,15-16H,9H2,1H3/q+2. The highest BCUT2D eigenvalue weighted by molar-refractivity contribution is 6.30. The molecule has 25 heavy (non-hydrogen) atoms. The summed E-state index contributed by atoms with van der Waals surface area (Å²) in [6, 6.07) is 10.9. The van der Waals surface area contributed by atoms with Crippen LogP contribution in [0.3, 0.4) is 0 Å². The van der Waals surface area contributed by atoms with Gasteiger partial charge in [-0.05, 0) is 47.2 Å². The van der Waals surface area contributed by atoms with Crippen LogP contribution in [0.2, 0.25) is 5.02 Å². The highest BCUT2D eigenvalue weighted by Gasteiger charge is 2.45. The molecule has 0 aliphatic carbocycles. The van der Waals surface area contributed by atoms with Gasteiger partial charge in [0.15, 0.2) is 12.2 Å². The van der Waals surface area contributed by atoms with Gasteiger partial charge in [0.2, 0.25) is 0 Å². The molecule has 1 aliphatic heterocycles. The van der Waals surface area contributed by atoms with Crippen molar-refractivity contribution in [1.82, 2.24) is 0 Å². The first-order chi connectivity index (χ1) is 12.0. The Kier molecular flexibility index (Phi) is 4.98. The molecule has 2 aromatic carbocycles. The summed E-state index contributed by atoms with van der Waals surface area (Å²) in [6.07, 6.45) is -3.37. The molecule has 0 spiro atoms. The zero-order valence-electron chi connectivity index (χ0n) is 13.1. The van der Waals surface area contributed by atoms with Crippen molar-refractivity contribution < 1.29 is 27.3 Å². The van der Waals surface area contributed by atoms with Crippen LogP contribution in [0.1, 0.15) is 11.7 Å². The van der Waals surface area contributed by atoms with Gasteiger partial charge in [0.1, 0.15) is 11.6 Å². The molecule has 3 rings (SSSR count). The fraction of sp³-hybridized carbons (Fsp3) is 0.250. The highest BCUT2D eigenvalue weighted by Crippen LogP contribution is 2.33. The van der Waals surface area contributed by atoms with E-state index in [1.54, 1.807) is 24.3 Å². The van der Waals surface area contributed by atoms with E-state index >= 15 is 0 Å². The van der Waals surface area contributed by atoms with Gasteiger partial charge >= 0.3 is 16.6 Å². The quantitative estimate of drug-likeness (QED) is 0.687. The Balaban J connectivity index is 2.00. The van der Waals surface area contributed by atoms with E-state index in [2.05, 4.69) is 10.4 Å². The molecule has 1 atom stereocenters. The van der Waals surface area contributed by atoms with Crippen LogP contribution >= 0.6 is 11.6 Å². The summed E-state index contributed by atoms with van der Waals surface area (Å²) < 4.78 is 46.9. The van der Waals surface area contributed by atoms with E-state index in [-0.39, 0.29) is 5.02 Å². The van der Waals surface area contributed by atoms with Crippen molar-refractivity contribution in [2.75, 3.05) is 13.7 Å². The van der Waals surface area contributed by atoms with Crippen molar-refractivity contribution >= 4 is 17.3 Å². The van der Waals surface area contributed by atoms with Crippen LogP contribution in [0, 0.1) is 5.82 Å². The second kappa shape index (κ2) is 7.18. The number of methoxy groups -OCH3 is 1. The van der Waals surface area contributed by atoms with Crippen LogP contribution in [0.15, 0.2) is 52.9 Å². The fourth-order valence-electron chi connectivity index (χ4n) is 2.51. The molecule has 0 N–H and O–H groups in total. The van der Waals surface area contributed by atoms with Crippen molar-refractivity contribution in [3.05, 3.63) is 58.9 Å². The molecule has 9 heteroatoms. The van der Waals surface area contributed by atoms with Crippen LogP contribution in [0.4, 0.5) is 18.9 Å². The molecule has 0 radical (unpaired) electrons. The summed E-state index contributed by atoms with van der Waals surface area (Å²) in [6.45, 7) is -0.615. The molecule has 1 aliphatic rings. The third-order valence-corrected chi connectivity index (χ3v) is 3.96. The number of hydrogen-bond acceptors (Lipinski definition) is 3. The number of alkyl halides is 2. The molecule has 0 saturated heterocycles. The Morgan fingerprint density at radius 1 is 1.16 bits per heavy atom. The maximum absolute atomic E-state index is 13.5. The molecule has 0 amide bonds. The number of nitrogens with zero attached hydrogens (tertiary/aromatic N) is 4. The van der Waals surface area contributed by atoms with Crippen molar-refractivity contribution in [1.29, 1.82) is 0 Å². The number of halogens is 4. The third kappa shape index (κ3) is 3.63. The van der Waals surface area contributed by atoms with Gasteiger partial charge in [-0.2, -0.15) is 0 Å². The summed E-state index contributed by atoms with van der Waals surface area (Å²) in [5.41, 5.74) is 1.11. The normalized spacial score (nSPS) is 16.8. The SMILES string of the molecule is COc1ccc([N+]2=NN=[N+](CC(F)F)C2c2ccc(F)c(Cl)c2)cc1. The Morgan fingerprint density at radius 2 is 1.88 bits per heavy atom. The van der Waals surface area contributed by atoms with Gasteiger partial charge in [0.25, 0.3) is 6.43 Å². The fourth-order valence-corrected chi connectivity index (χ4v) is 2.70. The summed E-state index contributed by atoms with van der Waals surface area (Å²) >= 11 is 5.84. The molecular weight excluding hydrogens is 357 g/mol. The van der Waals surface area contributed by atoms with Gasteiger partial charge in [-0.15, -0.1) is 0 Å². The first kappa shape index (κ1) is 17.3. The monoisotopic (exact) mass is 370 g/mol. The second-order valence-electron chi connectivity index (χ2n) is 5.28. The summed E-state index contributed by atoms with van der Waals surface area (Å²) in [5.74, 6) is 0.0550. The van der Waals surface area contributed by atoms with Gasteiger partial charge in [0, 0.05) is 4.70 Å². The van der Waals surface area contributed by atoms with Crippen LogP contribution < -0.4 is 4.74 Å². The molecule has 0 aromatic heterocycles. The first-order valence-electron chi connectivity index (χ1n) is 7.34. The molecule has 5 nitrogen and oxygen atoms in total. The van der Waals surface area contributed by atoms with Gasteiger partial charge in [-0.25, -0.2) is 13.2 Å². The average molecular weight is 371 g/mol. The van der Waals surface area contributed by atoms with Crippen LogP contribution in [0.25, 0.3) is 0 Å². The molecule has 0 saturated carbocycles. The number of ether oxygens (including phenoxy) is 1. The van der Waals surface area contributed by atoms with E-state index in [1.807, 2.05) is 0 Å². The zero-order valence-corrected chi connectivity index (χ0v) is 13.9. The van der Waals surface area contributed by atoms with E-state index in [0.29, 0.717) is 17.0 Å². The Labute approximate surface area is 146 Å². The molecular formula is C16H14ClF3N4O+2. The number of hydrogen-bond donors (Lipinski definition) is 0. The lowest BCUT2D eigenvalue weighted by atomic mass is 10.1. The lowest BCUT2D eigenvalue weighted by Crippen LogP contribution is -2.25. The van der Waals surface area contributed by atoms with E-state index < -0.39 is 25.0 Å². The zero-order chi connectivity index (χ0) is 18.0. The van der Waals surface area contributed by atoms with Gasteiger partial charge < -0.3 is 4.74 Å². The second-order valence-corrected chi connectivity index (χ2v) is 5.69. The minimum atomic E-state index is -2.60. The van der Waals surface area contributed by atoms with Crippen molar-refractivity contribution in [2.24, 2.45) is 10.4 Å². The minimum Gasteiger partial charge on any atom is -0.497 e. The molecule has 0 fully saturated rings. The number of benzene rings is 2. The van der Waals surface area contributed by atoms with Gasteiger partial charge in [-0.1, -0.05) is 11.6 Å². The first-order valence-corrected chi connectivity index (χ1v) is 7.72. The topological polar surface area (TPSA) is 40.0 Å². The van der Waals surface area contributed by atoms with E-state index in [1.165, 1.54) is 30.0 Å². The van der Waals surface area contributed by atoms with E-state index in [0.717, 1.165) is 4.70 Å². The summed E-state index contributed by atoms with van der Waals surface area (Å²) in [5, 5.41) is 7.70. The molecule has 2 aromatic rings. The predicted molar refractivity (Wildman–Crippen MR) is 83.1 cm³/mol. The Bertz CT molecular complexity index is 840. The largest absolute Gasteiger partial charge is 0.497 e. The van der Waals surface area contributed by atoms with E-state index in [4.69, 9.17) is 16.3 Å². The third-order valence-electron chi connectivity index (χ3n) is 3.67. The molecule has 0 bridgehead atoms. The summed E-state index contributed by atoms with van der Waals surface area (Å²) in [4.78, 5) is 0. The number of rotatable bonds is 5. The van der Waals surface area contributed by atoms with Gasteiger partial charge in [-0.3, -0.25) is 0 Å². The van der Waals surface area contributed by atoms with Gasteiger partial charge in [0.05, 0.1) is 17.7 Å². The highest BCUT2D eigenvalue weighted by atomic mass is 35.5. The maximum atomic E-state index is 13.5. The van der Waals surface area contributed by atoms with Crippen molar-refractivity contribution in [3.63, 3.8) is 0 Å². The van der Waals surface area contributed by atoms with Crippen LogP contribution in [-0.2, 0) is 0 Å². The molecule has 130 valence electrons. The lowest BCUT2D eigenvalue weighted by molar-refractivity contribution is -0.777. The molecule has 1 heterocycles. The van der Waals surface area contributed by atoms with Crippen molar-refractivity contribution in [3.8, 4) is 5.75 Å². The Hall–Kier alpha value is -2.48. The lowest BCUT2D eigenvalue weighted by Gasteiger charge is -2.09. The maximum Gasteiger partial charge on any atom is 0.392 e.